The molecule has 1 heterocycles. The predicted octanol–water partition coefficient (Wildman–Crippen LogP) is 5.52. The van der Waals surface area contributed by atoms with Crippen LogP contribution in [0.1, 0.15) is 61.3 Å². The molecular weight excluding hydrogens is 266 g/mol. The minimum Gasteiger partial charge on any atom is -0.345 e. The Hall–Kier alpha value is -0.980. The molecule has 3 aliphatic carbocycles. The van der Waals surface area contributed by atoms with Crippen LogP contribution in [0, 0.1) is 27.6 Å². The molecule has 1 saturated heterocycles. The Morgan fingerprint density at radius 2 is 1.95 bits per heavy atom. The largest absolute Gasteiger partial charge is 0.345 e. The van der Waals surface area contributed by atoms with Gasteiger partial charge >= 0.3 is 0 Å². The molecule has 120 valence electrons. The summed E-state index contributed by atoms with van der Waals surface area (Å²) >= 11 is 0. The number of nitrogens with zero attached hydrogens (tertiary/aromatic N) is 1. The fourth-order valence-corrected chi connectivity index (χ4v) is 7.76. The molecule has 0 amide bonds. The molecule has 0 N–H and O–H groups in total. The molecule has 4 rings (SSSR count). The van der Waals surface area contributed by atoms with Gasteiger partial charge in [0.2, 0.25) is 0 Å². The number of fused-ring (bicyclic) bond motifs is 2. The van der Waals surface area contributed by atoms with Crippen LogP contribution in [0.25, 0.3) is 0 Å². The molecule has 5 unspecified atom stereocenters. The van der Waals surface area contributed by atoms with E-state index in [-0.39, 0.29) is 0 Å². The quantitative estimate of drug-likeness (QED) is 0.649. The maximum absolute atomic E-state index is 4.13. The fourth-order valence-electron chi connectivity index (χ4n) is 7.76. The molecule has 2 saturated carbocycles. The van der Waals surface area contributed by atoms with Gasteiger partial charge in [0.1, 0.15) is 0 Å². The van der Waals surface area contributed by atoms with Gasteiger partial charge in [-0.1, -0.05) is 52.8 Å². The second kappa shape index (κ2) is 3.57. The van der Waals surface area contributed by atoms with Crippen LogP contribution in [0.2, 0.25) is 0 Å². The van der Waals surface area contributed by atoms with Crippen LogP contribution in [-0.4, -0.2) is 10.9 Å². The summed E-state index contributed by atoms with van der Waals surface area (Å²) in [5.74, 6) is 0.733. The van der Waals surface area contributed by atoms with Crippen molar-refractivity contribution in [2.24, 2.45) is 27.6 Å². The van der Waals surface area contributed by atoms with Gasteiger partial charge in [-0.3, -0.25) is 0 Å². The van der Waals surface area contributed by atoms with Gasteiger partial charge in [0.15, 0.2) is 0 Å². The molecule has 3 fully saturated rings. The summed E-state index contributed by atoms with van der Waals surface area (Å²) in [6, 6.07) is 0.544. The predicted molar refractivity (Wildman–Crippen MR) is 93.1 cm³/mol. The summed E-state index contributed by atoms with van der Waals surface area (Å²) in [5, 5.41) is 0. The Bertz CT molecular complexity index is 653. The van der Waals surface area contributed by atoms with Crippen LogP contribution >= 0.6 is 0 Å². The normalized spacial score (nSPS) is 51.9. The lowest BCUT2D eigenvalue weighted by Crippen LogP contribution is -2.52. The minimum absolute atomic E-state index is 0.387. The second-order valence-corrected chi connectivity index (χ2v) is 8.98. The van der Waals surface area contributed by atoms with Crippen LogP contribution < -0.4 is 0 Å². The number of piperidine rings is 1. The zero-order valence-corrected chi connectivity index (χ0v) is 15.4. The maximum atomic E-state index is 4.13. The zero-order chi connectivity index (χ0) is 16.3. The van der Waals surface area contributed by atoms with Crippen molar-refractivity contribution in [1.82, 2.24) is 4.90 Å². The van der Waals surface area contributed by atoms with Gasteiger partial charge in [-0.25, -0.2) is 0 Å². The molecule has 0 aromatic rings. The highest BCUT2D eigenvalue weighted by Gasteiger charge is 3.09. The van der Waals surface area contributed by atoms with E-state index in [0.717, 1.165) is 5.92 Å². The van der Waals surface area contributed by atoms with Crippen molar-refractivity contribution in [3.63, 3.8) is 0 Å². The number of hydrogen-bond acceptors (Lipinski definition) is 1. The van der Waals surface area contributed by atoms with Gasteiger partial charge in [-0.2, -0.15) is 0 Å². The Kier molecular flexibility index (Phi) is 2.37. The Balaban J connectivity index is 1.99. The van der Waals surface area contributed by atoms with E-state index in [9.17, 15) is 0 Å². The van der Waals surface area contributed by atoms with Gasteiger partial charge in [-0.05, 0) is 55.2 Å². The molecule has 5 atom stereocenters. The van der Waals surface area contributed by atoms with E-state index in [2.05, 4.69) is 72.2 Å². The maximum Gasteiger partial charge on any atom is 0.0406 e. The van der Waals surface area contributed by atoms with Crippen LogP contribution in [0.15, 0.2) is 35.7 Å². The Labute approximate surface area is 136 Å². The molecule has 0 aromatic heterocycles. The summed E-state index contributed by atoms with van der Waals surface area (Å²) in [6.45, 7) is 21.5. The highest BCUT2D eigenvalue weighted by molar-refractivity contribution is 5.69. The number of likely N-dealkylation sites (tertiary alicyclic amines) is 1. The van der Waals surface area contributed by atoms with E-state index in [1.807, 2.05) is 0 Å². The first-order valence-corrected chi connectivity index (χ1v) is 9.01. The summed E-state index contributed by atoms with van der Waals surface area (Å²) in [7, 11) is 0. The topological polar surface area (TPSA) is 3.24 Å². The van der Waals surface area contributed by atoms with Crippen molar-refractivity contribution in [2.75, 3.05) is 0 Å². The van der Waals surface area contributed by atoms with E-state index in [4.69, 9.17) is 0 Å². The highest BCUT2D eigenvalue weighted by atomic mass is 15.3. The molecule has 0 radical (unpaired) electrons. The third-order valence-corrected chi connectivity index (χ3v) is 9.06. The molecule has 0 aromatic carbocycles. The first-order valence-electron chi connectivity index (χ1n) is 9.01. The molecule has 1 nitrogen and oxygen atoms in total. The lowest BCUT2D eigenvalue weighted by atomic mass is 9.58. The monoisotopic (exact) mass is 297 g/mol. The van der Waals surface area contributed by atoms with Crippen molar-refractivity contribution in [2.45, 2.75) is 67.3 Å². The molecule has 4 aliphatic rings. The summed E-state index contributed by atoms with van der Waals surface area (Å²) < 4.78 is 0. The smallest absolute Gasteiger partial charge is 0.0406 e. The third-order valence-electron chi connectivity index (χ3n) is 9.06. The Morgan fingerprint density at radius 3 is 2.50 bits per heavy atom. The molecule has 1 heteroatoms. The first kappa shape index (κ1) is 14.6. The average molecular weight is 297 g/mol. The highest BCUT2D eigenvalue weighted by Crippen LogP contribution is 3.11. The molecule has 0 bridgehead atoms. The first-order chi connectivity index (χ1) is 10.2. The number of hydrogen-bond donors (Lipinski definition) is 0. The van der Waals surface area contributed by atoms with E-state index < -0.39 is 0 Å². The molecule has 1 aliphatic heterocycles. The Morgan fingerprint density at radius 1 is 1.32 bits per heavy atom. The third kappa shape index (κ3) is 0.918. The van der Waals surface area contributed by atoms with Crippen LogP contribution in [-0.2, 0) is 0 Å². The lowest BCUT2D eigenvalue weighted by Gasteiger charge is -2.54. The number of allylic oxidation sites excluding steroid dienone is 3. The molecular formula is C21H31N. The standard InChI is InChI=1S/C21H31N/c1-9-22-15(5)19(7)20(8)18(6,13(2)3)21(19,20)17-14(4)11-10-12-16(17)22/h9,12-13,15H,1,10-11H2,2-8H3. The van der Waals surface area contributed by atoms with E-state index in [0.29, 0.717) is 27.7 Å². The van der Waals surface area contributed by atoms with Crippen molar-refractivity contribution in [1.29, 1.82) is 0 Å². The number of rotatable bonds is 2. The van der Waals surface area contributed by atoms with E-state index >= 15 is 0 Å². The minimum atomic E-state index is 0.387. The lowest BCUT2D eigenvalue weighted by molar-refractivity contribution is 0.0219. The van der Waals surface area contributed by atoms with Gasteiger partial charge in [0.25, 0.3) is 0 Å². The fraction of sp³-hybridized carbons (Fsp3) is 0.714. The van der Waals surface area contributed by atoms with Crippen LogP contribution in [0.3, 0.4) is 0 Å². The van der Waals surface area contributed by atoms with Crippen LogP contribution in [0.4, 0.5) is 0 Å². The average Bonchev–Trinajstić information content (AvgIpc) is 3.16. The van der Waals surface area contributed by atoms with Crippen LogP contribution in [0.5, 0.6) is 0 Å². The SMILES string of the molecule is C=CN1C2=CCCC(C)=C2C23C(C)(C(C)C)C2(C)C3(C)C1C. The van der Waals surface area contributed by atoms with E-state index in [1.54, 1.807) is 11.1 Å². The zero-order valence-electron chi connectivity index (χ0n) is 15.4. The van der Waals surface area contributed by atoms with Gasteiger partial charge < -0.3 is 4.90 Å². The van der Waals surface area contributed by atoms with Gasteiger partial charge in [0, 0.05) is 22.6 Å². The second-order valence-electron chi connectivity index (χ2n) is 8.98. The van der Waals surface area contributed by atoms with Crippen molar-refractivity contribution >= 4 is 0 Å². The summed E-state index contributed by atoms with van der Waals surface area (Å²) in [4.78, 5) is 2.47. The van der Waals surface area contributed by atoms with Gasteiger partial charge in [-0.15, -0.1) is 0 Å². The van der Waals surface area contributed by atoms with Crippen molar-refractivity contribution in [3.05, 3.63) is 35.7 Å². The van der Waals surface area contributed by atoms with Gasteiger partial charge in [0.05, 0.1) is 0 Å². The molecule has 1 spiro atoms. The van der Waals surface area contributed by atoms with Crippen molar-refractivity contribution in [3.8, 4) is 0 Å². The molecule has 22 heavy (non-hydrogen) atoms. The summed E-state index contributed by atoms with van der Waals surface area (Å²) in [6.07, 6.45) is 6.97. The van der Waals surface area contributed by atoms with Crippen molar-refractivity contribution < 1.29 is 0 Å². The van der Waals surface area contributed by atoms with E-state index in [1.165, 1.54) is 18.5 Å². The summed E-state index contributed by atoms with van der Waals surface area (Å²) in [5.41, 5.74) is 6.48.